The first-order chi connectivity index (χ1) is 8.69. The Morgan fingerprint density at radius 1 is 1.21 bits per heavy atom. The number of para-hydroxylation sites is 1. The standard InChI is InChI=1S/C11H11ClN2O3S2/c1-8-7-11(18(2,15)14-19(12,16)17)13-10-6-4-3-5-9(8)10/h3-7H,1-2H3/t18-/m0/s1. The summed E-state index contributed by atoms with van der Waals surface area (Å²) >= 11 is 0. The van der Waals surface area contributed by atoms with Gasteiger partial charge in [0, 0.05) is 22.3 Å². The zero-order valence-electron chi connectivity index (χ0n) is 10.2. The highest BCUT2D eigenvalue weighted by atomic mass is 35.7. The van der Waals surface area contributed by atoms with Gasteiger partial charge in [-0.15, -0.1) is 0 Å². The second-order valence-corrected chi connectivity index (χ2v) is 8.70. The molecule has 2 aromatic rings. The highest BCUT2D eigenvalue weighted by Crippen LogP contribution is 2.21. The van der Waals surface area contributed by atoms with Crippen molar-refractivity contribution in [2.45, 2.75) is 11.9 Å². The van der Waals surface area contributed by atoms with E-state index in [1.165, 1.54) is 6.26 Å². The van der Waals surface area contributed by atoms with Crippen molar-refractivity contribution in [1.29, 1.82) is 0 Å². The fraction of sp³-hybridized carbons (Fsp3) is 0.182. The molecule has 1 aromatic heterocycles. The number of fused-ring (bicyclic) bond motifs is 1. The Hall–Kier alpha value is -1.18. The van der Waals surface area contributed by atoms with Gasteiger partial charge < -0.3 is 0 Å². The quantitative estimate of drug-likeness (QED) is 0.797. The molecule has 0 aliphatic heterocycles. The lowest BCUT2D eigenvalue weighted by Crippen LogP contribution is -2.04. The molecule has 0 amide bonds. The van der Waals surface area contributed by atoms with E-state index in [0.29, 0.717) is 5.52 Å². The zero-order chi connectivity index (χ0) is 14.3. The molecular formula is C11H11ClN2O3S2. The van der Waals surface area contributed by atoms with Crippen molar-refractivity contribution in [3.05, 3.63) is 35.9 Å². The normalized spacial score (nSPS) is 15.1. The Kier molecular flexibility index (Phi) is 3.55. The van der Waals surface area contributed by atoms with Crippen LogP contribution in [0.2, 0.25) is 0 Å². The summed E-state index contributed by atoms with van der Waals surface area (Å²) < 4.78 is 37.4. The van der Waals surface area contributed by atoms with Gasteiger partial charge in [0.25, 0.3) is 0 Å². The molecule has 2 rings (SSSR count). The van der Waals surface area contributed by atoms with Crippen LogP contribution in [0.1, 0.15) is 5.56 Å². The van der Waals surface area contributed by atoms with Crippen LogP contribution in [0.3, 0.4) is 0 Å². The molecule has 0 aliphatic carbocycles. The second kappa shape index (κ2) is 4.73. The lowest BCUT2D eigenvalue weighted by Gasteiger charge is -2.07. The minimum absolute atomic E-state index is 0.105. The van der Waals surface area contributed by atoms with Crippen LogP contribution in [-0.4, -0.2) is 23.9 Å². The molecule has 0 N–H and O–H groups in total. The van der Waals surface area contributed by atoms with Crippen LogP contribution in [0, 0.1) is 6.92 Å². The maximum atomic E-state index is 12.3. The van der Waals surface area contributed by atoms with E-state index in [2.05, 4.69) is 8.75 Å². The molecule has 0 spiro atoms. The Bertz CT molecular complexity index is 869. The lowest BCUT2D eigenvalue weighted by atomic mass is 10.1. The van der Waals surface area contributed by atoms with E-state index >= 15 is 0 Å². The average Bonchev–Trinajstić information content (AvgIpc) is 2.26. The zero-order valence-corrected chi connectivity index (χ0v) is 12.6. The fourth-order valence-electron chi connectivity index (χ4n) is 1.72. The molecule has 0 aliphatic rings. The smallest absolute Gasteiger partial charge is 0.242 e. The van der Waals surface area contributed by atoms with Crippen LogP contribution in [-0.2, 0) is 19.0 Å². The minimum atomic E-state index is -4.21. The fourth-order valence-corrected chi connectivity index (χ4v) is 5.02. The monoisotopic (exact) mass is 318 g/mol. The van der Waals surface area contributed by atoms with Gasteiger partial charge in [0.2, 0.25) is 0 Å². The summed E-state index contributed by atoms with van der Waals surface area (Å²) in [7, 11) is -2.38. The minimum Gasteiger partial charge on any atom is -0.242 e. The van der Waals surface area contributed by atoms with Crippen LogP contribution in [0.4, 0.5) is 0 Å². The molecule has 0 saturated heterocycles. The molecule has 0 unspecified atom stereocenters. The first-order valence-corrected chi connectivity index (χ1v) is 9.42. The maximum Gasteiger partial charge on any atom is 0.347 e. The predicted octanol–water partition coefficient (Wildman–Crippen LogP) is 2.48. The van der Waals surface area contributed by atoms with Crippen LogP contribution < -0.4 is 0 Å². The van der Waals surface area contributed by atoms with Crippen LogP contribution in [0.15, 0.2) is 39.1 Å². The van der Waals surface area contributed by atoms with Crippen molar-refractivity contribution in [2.75, 3.05) is 6.26 Å². The number of halogens is 1. The molecule has 0 radical (unpaired) electrons. The van der Waals surface area contributed by atoms with Gasteiger partial charge in [0.15, 0.2) is 0 Å². The summed E-state index contributed by atoms with van der Waals surface area (Å²) in [5, 5.41) is 1.02. The molecule has 1 aromatic carbocycles. The summed E-state index contributed by atoms with van der Waals surface area (Å²) in [6, 6.07) is 8.88. The molecule has 8 heteroatoms. The molecule has 19 heavy (non-hydrogen) atoms. The first kappa shape index (κ1) is 14.2. The number of aromatic nitrogens is 1. The number of rotatable bonds is 2. The third-order valence-corrected chi connectivity index (χ3v) is 5.86. The van der Waals surface area contributed by atoms with Crippen LogP contribution in [0.25, 0.3) is 10.9 Å². The van der Waals surface area contributed by atoms with E-state index in [1.807, 2.05) is 19.1 Å². The van der Waals surface area contributed by atoms with Gasteiger partial charge in [0.05, 0.1) is 5.52 Å². The molecule has 0 fully saturated rings. The summed E-state index contributed by atoms with van der Waals surface area (Å²) in [6.07, 6.45) is 1.20. The molecule has 1 heterocycles. The molecule has 1 atom stereocenters. The van der Waals surface area contributed by atoms with E-state index in [-0.39, 0.29) is 5.03 Å². The maximum absolute atomic E-state index is 12.3. The largest absolute Gasteiger partial charge is 0.347 e. The van der Waals surface area contributed by atoms with Crippen LogP contribution >= 0.6 is 10.7 Å². The Morgan fingerprint density at radius 3 is 2.47 bits per heavy atom. The number of hydrogen-bond acceptors (Lipinski definition) is 4. The molecule has 102 valence electrons. The van der Waals surface area contributed by atoms with E-state index in [4.69, 9.17) is 10.7 Å². The van der Waals surface area contributed by atoms with Gasteiger partial charge >= 0.3 is 9.24 Å². The van der Waals surface area contributed by atoms with E-state index < -0.39 is 19.0 Å². The number of pyridine rings is 1. The van der Waals surface area contributed by atoms with Crippen molar-refractivity contribution in [1.82, 2.24) is 4.98 Å². The molecule has 0 saturated carbocycles. The van der Waals surface area contributed by atoms with Crippen molar-refractivity contribution >= 4 is 40.6 Å². The topological polar surface area (TPSA) is 76.5 Å². The van der Waals surface area contributed by atoms with Crippen LogP contribution in [0.5, 0.6) is 0 Å². The molecular weight excluding hydrogens is 308 g/mol. The van der Waals surface area contributed by atoms with Gasteiger partial charge in [-0.1, -0.05) is 22.0 Å². The number of aryl methyl sites for hydroxylation is 1. The van der Waals surface area contributed by atoms with Gasteiger partial charge in [0.1, 0.15) is 14.8 Å². The summed E-state index contributed by atoms with van der Waals surface area (Å²) in [4.78, 5) is 4.20. The number of nitrogens with zero attached hydrogens (tertiary/aromatic N) is 2. The lowest BCUT2D eigenvalue weighted by molar-refractivity contribution is 0.611. The first-order valence-electron chi connectivity index (χ1n) is 5.23. The molecule has 5 nitrogen and oxygen atoms in total. The highest BCUT2D eigenvalue weighted by Gasteiger charge is 2.15. The van der Waals surface area contributed by atoms with E-state index in [0.717, 1.165) is 10.9 Å². The summed E-state index contributed by atoms with van der Waals surface area (Å²) in [5.74, 6) is 0. The van der Waals surface area contributed by atoms with E-state index in [9.17, 15) is 12.6 Å². The third kappa shape index (κ3) is 3.23. The summed E-state index contributed by atoms with van der Waals surface area (Å²) in [5.41, 5.74) is 1.48. The van der Waals surface area contributed by atoms with Gasteiger partial charge in [-0.25, -0.2) is 9.19 Å². The van der Waals surface area contributed by atoms with Gasteiger partial charge in [-0.3, -0.25) is 0 Å². The van der Waals surface area contributed by atoms with Crippen molar-refractivity contribution in [3.63, 3.8) is 0 Å². The Labute approximate surface area is 116 Å². The average molecular weight is 319 g/mol. The number of benzene rings is 1. The van der Waals surface area contributed by atoms with E-state index in [1.54, 1.807) is 18.2 Å². The second-order valence-electron chi connectivity index (χ2n) is 4.08. The van der Waals surface area contributed by atoms with Gasteiger partial charge in [-0.05, 0) is 24.6 Å². The summed E-state index contributed by atoms with van der Waals surface area (Å²) in [6.45, 7) is 1.83. The third-order valence-electron chi connectivity index (χ3n) is 2.52. The van der Waals surface area contributed by atoms with Crippen molar-refractivity contribution < 1.29 is 12.6 Å². The molecule has 0 bridgehead atoms. The van der Waals surface area contributed by atoms with Gasteiger partial charge in [-0.2, -0.15) is 8.42 Å². The van der Waals surface area contributed by atoms with Crippen molar-refractivity contribution in [2.24, 2.45) is 3.77 Å². The Balaban J connectivity index is 2.79. The number of hydrogen-bond donors (Lipinski definition) is 0. The predicted molar refractivity (Wildman–Crippen MR) is 76.0 cm³/mol. The van der Waals surface area contributed by atoms with Crippen molar-refractivity contribution in [3.8, 4) is 0 Å². The SMILES string of the molecule is Cc1cc([S@](C)(=O)=NS(=O)(=O)Cl)nc2ccccc12. The Morgan fingerprint density at radius 2 is 1.84 bits per heavy atom. The highest BCUT2D eigenvalue weighted by molar-refractivity contribution is 8.17.